The summed E-state index contributed by atoms with van der Waals surface area (Å²) in [6.07, 6.45) is 3.42. The molecular formula is C28H31F2N5O3. The van der Waals surface area contributed by atoms with Crippen LogP contribution in [-0.2, 0) is 4.79 Å². The highest BCUT2D eigenvalue weighted by Crippen LogP contribution is 2.37. The number of amides is 1. The Bertz CT molecular complexity index is 1360. The number of carbonyl (C=O) groups excluding carboxylic acids is 1. The maximum absolute atomic E-state index is 15.4. The van der Waals surface area contributed by atoms with Gasteiger partial charge in [-0.25, -0.2) is 13.8 Å². The lowest BCUT2D eigenvalue weighted by Gasteiger charge is -2.41. The Balaban J connectivity index is 1.58. The number of pyridine rings is 2. The molecule has 2 aromatic heterocycles. The van der Waals surface area contributed by atoms with Crippen LogP contribution in [0.3, 0.4) is 0 Å². The molecule has 8 nitrogen and oxygen atoms in total. The van der Waals surface area contributed by atoms with Gasteiger partial charge in [0.2, 0.25) is 11.8 Å². The number of phenolic OH excluding ortho intramolecular Hbond substituents is 1. The molecule has 200 valence electrons. The zero-order valence-electron chi connectivity index (χ0n) is 21.5. The zero-order chi connectivity index (χ0) is 27.0. The molecule has 0 radical (unpaired) electrons. The molecule has 4 heterocycles. The fourth-order valence-corrected chi connectivity index (χ4v) is 5.33. The number of hydrogen-bond donors (Lipinski definition) is 1. The fourth-order valence-electron chi connectivity index (χ4n) is 5.33. The van der Waals surface area contributed by atoms with Crippen LogP contribution >= 0.6 is 0 Å². The van der Waals surface area contributed by atoms with E-state index in [-0.39, 0.29) is 34.9 Å². The van der Waals surface area contributed by atoms with E-state index in [0.717, 1.165) is 25.5 Å². The second kappa shape index (κ2) is 10.5. The molecule has 2 aliphatic rings. The van der Waals surface area contributed by atoms with Crippen LogP contribution in [0.4, 0.5) is 14.5 Å². The van der Waals surface area contributed by atoms with Crippen molar-refractivity contribution in [2.24, 2.45) is 0 Å². The molecule has 10 heteroatoms. The summed E-state index contributed by atoms with van der Waals surface area (Å²) >= 11 is 0. The molecule has 1 aromatic carbocycles. The van der Waals surface area contributed by atoms with Crippen LogP contribution in [0.25, 0.3) is 22.3 Å². The Morgan fingerprint density at radius 3 is 2.71 bits per heavy atom. The van der Waals surface area contributed by atoms with Crippen molar-refractivity contribution in [3.8, 4) is 22.9 Å². The molecule has 2 fully saturated rings. The maximum atomic E-state index is 15.4. The second-order valence-electron chi connectivity index (χ2n) is 9.92. The summed E-state index contributed by atoms with van der Waals surface area (Å²) in [6, 6.07) is 6.98. The van der Waals surface area contributed by atoms with Gasteiger partial charge >= 0.3 is 0 Å². The van der Waals surface area contributed by atoms with Gasteiger partial charge in [0.05, 0.1) is 11.3 Å². The minimum atomic E-state index is -0.788. The standard InChI is InChI=1S/C28H31F2N5O3/c1-4-25(37)34-11-12-35(17(2)15-34)22-14-24(38-16-18-7-6-10-33(18)3)31-28-19(22)13-21(30)27(32-28)26-20(29)8-5-9-23(26)36/h4-5,8-9,13-14,17-18,36H,1,6-7,10-12,15-16H2,2-3H3/t17-,18+/m1/s1. The SMILES string of the molecule is C=CC(=O)N1CCN(c2cc(OC[C@@H]3CCCN3C)nc3nc(-c4c(O)cccc4F)c(F)cc23)[C@H](C)C1. The third-order valence-electron chi connectivity index (χ3n) is 7.45. The Hall–Kier alpha value is -3.79. The first-order valence-corrected chi connectivity index (χ1v) is 12.8. The van der Waals surface area contributed by atoms with Crippen LogP contribution in [0.15, 0.2) is 43.0 Å². The lowest BCUT2D eigenvalue weighted by Crippen LogP contribution is -2.53. The average Bonchev–Trinajstić information content (AvgIpc) is 3.31. The molecule has 1 amide bonds. The number of ether oxygens (including phenoxy) is 1. The van der Waals surface area contributed by atoms with Gasteiger partial charge in [0.1, 0.15) is 23.9 Å². The molecule has 2 aliphatic heterocycles. The number of halogens is 2. The Morgan fingerprint density at radius 2 is 2.03 bits per heavy atom. The molecule has 5 rings (SSSR count). The molecule has 3 aromatic rings. The first kappa shape index (κ1) is 25.8. The van der Waals surface area contributed by atoms with Gasteiger partial charge in [0, 0.05) is 43.2 Å². The monoisotopic (exact) mass is 523 g/mol. The quantitative estimate of drug-likeness (QED) is 0.490. The van der Waals surface area contributed by atoms with E-state index in [9.17, 15) is 14.3 Å². The number of benzene rings is 1. The number of hydrogen-bond acceptors (Lipinski definition) is 7. The highest BCUT2D eigenvalue weighted by molar-refractivity contribution is 5.93. The third kappa shape index (κ3) is 4.88. The molecular weight excluding hydrogens is 492 g/mol. The Morgan fingerprint density at radius 1 is 1.21 bits per heavy atom. The Kier molecular flexibility index (Phi) is 7.16. The van der Waals surface area contributed by atoms with Crippen LogP contribution in [0.1, 0.15) is 19.8 Å². The van der Waals surface area contributed by atoms with Gasteiger partial charge in [-0.3, -0.25) is 4.79 Å². The van der Waals surface area contributed by atoms with Crippen molar-refractivity contribution in [1.29, 1.82) is 0 Å². The number of anilines is 1. The van der Waals surface area contributed by atoms with Crippen molar-refractivity contribution in [2.75, 3.05) is 44.7 Å². The summed E-state index contributed by atoms with van der Waals surface area (Å²) in [5.41, 5.74) is 0.194. The van der Waals surface area contributed by atoms with Crippen LogP contribution in [0.5, 0.6) is 11.6 Å². The third-order valence-corrected chi connectivity index (χ3v) is 7.45. The number of rotatable bonds is 6. The van der Waals surface area contributed by atoms with Gasteiger partial charge in [-0.05, 0) is 57.6 Å². The van der Waals surface area contributed by atoms with Crippen molar-refractivity contribution < 1.29 is 23.4 Å². The molecule has 0 spiro atoms. The number of phenols is 1. The summed E-state index contributed by atoms with van der Waals surface area (Å²) in [4.78, 5) is 27.2. The van der Waals surface area contributed by atoms with Crippen LogP contribution < -0.4 is 9.64 Å². The van der Waals surface area contributed by atoms with Gasteiger partial charge in [-0.2, -0.15) is 4.98 Å². The van der Waals surface area contributed by atoms with Crippen LogP contribution in [-0.4, -0.2) is 82.7 Å². The van der Waals surface area contributed by atoms with Gasteiger partial charge in [-0.1, -0.05) is 12.6 Å². The largest absolute Gasteiger partial charge is 0.507 e. The number of aromatic nitrogens is 2. The number of likely N-dealkylation sites (N-methyl/N-ethyl adjacent to an activating group) is 1. The smallest absolute Gasteiger partial charge is 0.246 e. The van der Waals surface area contributed by atoms with Crippen molar-refractivity contribution in [2.45, 2.75) is 31.8 Å². The molecule has 38 heavy (non-hydrogen) atoms. The summed E-state index contributed by atoms with van der Waals surface area (Å²) in [6.45, 7) is 8.45. The number of piperazine rings is 1. The molecule has 1 N–H and O–H groups in total. The molecule has 2 saturated heterocycles. The lowest BCUT2D eigenvalue weighted by molar-refractivity contribution is -0.126. The van der Waals surface area contributed by atoms with E-state index in [1.807, 2.05) is 6.92 Å². The lowest BCUT2D eigenvalue weighted by atomic mass is 10.1. The van der Waals surface area contributed by atoms with Crippen molar-refractivity contribution in [3.63, 3.8) is 0 Å². The zero-order valence-corrected chi connectivity index (χ0v) is 21.5. The number of fused-ring (bicyclic) bond motifs is 1. The normalized spacial score (nSPS) is 20.2. The highest BCUT2D eigenvalue weighted by atomic mass is 19.1. The Labute approximate surface area is 220 Å². The predicted molar refractivity (Wildman–Crippen MR) is 141 cm³/mol. The van der Waals surface area contributed by atoms with E-state index >= 15 is 4.39 Å². The summed E-state index contributed by atoms with van der Waals surface area (Å²) in [5.74, 6) is -1.79. The molecule has 2 atom stereocenters. The van der Waals surface area contributed by atoms with Gasteiger partial charge in [0.25, 0.3) is 0 Å². The summed E-state index contributed by atoms with van der Waals surface area (Å²) in [5, 5.41) is 10.7. The summed E-state index contributed by atoms with van der Waals surface area (Å²) in [7, 11) is 2.06. The van der Waals surface area contributed by atoms with Gasteiger partial charge in [-0.15, -0.1) is 0 Å². The van der Waals surface area contributed by atoms with Gasteiger partial charge in [0.15, 0.2) is 11.5 Å². The first-order valence-electron chi connectivity index (χ1n) is 12.8. The maximum Gasteiger partial charge on any atom is 0.246 e. The highest BCUT2D eigenvalue weighted by Gasteiger charge is 2.29. The van der Waals surface area contributed by atoms with E-state index < -0.39 is 17.4 Å². The second-order valence-corrected chi connectivity index (χ2v) is 9.92. The number of nitrogens with zero attached hydrogens (tertiary/aromatic N) is 5. The molecule has 0 unspecified atom stereocenters. The number of likely N-dealkylation sites (tertiary alicyclic amines) is 1. The number of aromatic hydroxyl groups is 1. The van der Waals surface area contributed by atoms with Crippen LogP contribution in [0.2, 0.25) is 0 Å². The fraction of sp³-hybridized carbons (Fsp3) is 0.393. The van der Waals surface area contributed by atoms with E-state index in [4.69, 9.17) is 4.74 Å². The minimum Gasteiger partial charge on any atom is -0.507 e. The van der Waals surface area contributed by atoms with Crippen LogP contribution in [0, 0.1) is 11.6 Å². The van der Waals surface area contributed by atoms with Gasteiger partial charge < -0.3 is 24.5 Å². The minimum absolute atomic E-state index is 0.0922. The van der Waals surface area contributed by atoms with Crippen molar-refractivity contribution >= 4 is 22.6 Å². The van der Waals surface area contributed by atoms with Crippen molar-refractivity contribution in [1.82, 2.24) is 19.8 Å². The van der Waals surface area contributed by atoms with E-state index in [1.165, 1.54) is 24.3 Å². The molecule has 0 bridgehead atoms. The summed E-state index contributed by atoms with van der Waals surface area (Å²) < 4.78 is 36.2. The van der Waals surface area contributed by atoms with E-state index in [1.54, 1.807) is 11.0 Å². The topological polar surface area (TPSA) is 82.0 Å². The van der Waals surface area contributed by atoms with Crippen molar-refractivity contribution in [3.05, 3.63) is 54.6 Å². The number of carbonyl (C=O) groups is 1. The molecule has 0 saturated carbocycles. The predicted octanol–water partition coefficient (Wildman–Crippen LogP) is 3.98. The molecule has 0 aliphatic carbocycles. The average molecular weight is 524 g/mol. The van der Waals surface area contributed by atoms with E-state index in [0.29, 0.717) is 43.2 Å². The van der Waals surface area contributed by atoms with E-state index in [2.05, 4.69) is 33.4 Å². The first-order chi connectivity index (χ1) is 18.3.